The van der Waals surface area contributed by atoms with Crippen LogP contribution >= 0.6 is 0 Å². The molecule has 1 aliphatic rings. The molecule has 1 saturated heterocycles. The SMILES string of the molecule is CC1(C)OB(/C(=C/N)C(=N)C(F)(F)F)OC1(C)C. The number of nitrogens with one attached hydrogen (secondary N) is 1. The van der Waals surface area contributed by atoms with Gasteiger partial charge in [0.25, 0.3) is 0 Å². The second kappa shape index (κ2) is 4.27. The monoisotopic (exact) mass is 264 g/mol. The van der Waals surface area contributed by atoms with Gasteiger partial charge in [-0.15, -0.1) is 0 Å². The van der Waals surface area contributed by atoms with Crippen LogP contribution in [0, 0.1) is 5.41 Å². The molecule has 18 heavy (non-hydrogen) atoms. The van der Waals surface area contributed by atoms with Crippen LogP contribution in [0.1, 0.15) is 27.7 Å². The highest BCUT2D eigenvalue weighted by Crippen LogP contribution is 2.39. The maximum absolute atomic E-state index is 12.5. The highest BCUT2D eigenvalue weighted by molar-refractivity contribution is 6.62. The zero-order valence-electron chi connectivity index (χ0n) is 10.7. The Balaban J connectivity index is 3.00. The largest absolute Gasteiger partial charge is 0.498 e. The first kappa shape index (κ1) is 15.0. The van der Waals surface area contributed by atoms with E-state index in [1.54, 1.807) is 27.7 Å². The summed E-state index contributed by atoms with van der Waals surface area (Å²) < 4.78 is 48.3. The Morgan fingerprint density at radius 3 is 1.83 bits per heavy atom. The first-order valence-corrected chi connectivity index (χ1v) is 5.36. The van der Waals surface area contributed by atoms with E-state index in [1.165, 1.54) is 0 Å². The van der Waals surface area contributed by atoms with E-state index < -0.39 is 35.7 Å². The number of nitrogens with two attached hydrogens (primary N) is 1. The van der Waals surface area contributed by atoms with Gasteiger partial charge in [-0.1, -0.05) is 0 Å². The summed E-state index contributed by atoms with van der Waals surface area (Å²) in [6, 6.07) is 0. The fourth-order valence-corrected chi connectivity index (χ4v) is 1.41. The normalized spacial score (nSPS) is 23.3. The Kier molecular flexibility index (Phi) is 3.57. The summed E-state index contributed by atoms with van der Waals surface area (Å²) in [4.78, 5) is 0. The molecule has 0 saturated carbocycles. The van der Waals surface area contributed by atoms with Gasteiger partial charge in [0.2, 0.25) is 0 Å². The minimum absolute atomic E-state index is 0.513. The fraction of sp³-hybridized carbons (Fsp3) is 0.700. The van der Waals surface area contributed by atoms with E-state index in [0.717, 1.165) is 0 Å². The molecule has 0 atom stereocenters. The van der Waals surface area contributed by atoms with Crippen molar-refractivity contribution in [2.45, 2.75) is 45.1 Å². The van der Waals surface area contributed by atoms with Crippen LogP contribution in [0.15, 0.2) is 11.7 Å². The quantitative estimate of drug-likeness (QED) is 0.592. The van der Waals surface area contributed by atoms with Gasteiger partial charge < -0.3 is 15.0 Å². The lowest BCUT2D eigenvalue weighted by molar-refractivity contribution is -0.0588. The van der Waals surface area contributed by atoms with Gasteiger partial charge in [0.15, 0.2) is 0 Å². The Morgan fingerprint density at radius 2 is 1.56 bits per heavy atom. The molecule has 4 nitrogen and oxygen atoms in total. The Hall–Kier alpha value is -1.02. The van der Waals surface area contributed by atoms with Crippen LogP contribution in [0.2, 0.25) is 0 Å². The molecule has 0 unspecified atom stereocenters. The van der Waals surface area contributed by atoms with E-state index in [0.29, 0.717) is 6.20 Å². The molecule has 0 aromatic heterocycles. The first-order valence-electron chi connectivity index (χ1n) is 5.36. The van der Waals surface area contributed by atoms with E-state index in [4.69, 9.17) is 20.5 Å². The lowest BCUT2D eigenvalue weighted by Gasteiger charge is -2.32. The summed E-state index contributed by atoms with van der Waals surface area (Å²) in [7, 11) is -1.28. The molecule has 0 aromatic carbocycles. The van der Waals surface area contributed by atoms with Crippen molar-refractivity contribution in [2.75, 3.05) is 0 Å². The van der Waals surface area contributed by atoms with Crippen molar-refractivity contribution in [1.82, 2.24) is 0 Å². The smallest absolute Gasteiger partial charge is 0.405 e. The van der Waals surface area contributed by atoms with Crippen LogP contribution in [-0.2, 0) is 9.31 Å². The van der Waals surface area contributed by atoms with Crippen molar-refractivity contribution in [3.05, 3.63) is 11.7 Å². The Bertz CT molecular complexity index is 375. The number of alkyl halides is 3. The van der Waals surface area contributed by atoms with E-state index in [1.807, 2.05) is 0 Å². The summed E-state index contributed by atoms with van der Waals surface area (Å²) in [5.74, 6) is 0. The third-order valence-electron chi connectivity index (χ3n) is 3.26. The summed E-state index contributed by atoms with van der Waals surface area (Å²) in [5, 5.41) is 7.09. The molecule has 1 fully saturated rings. The zero-order valence-corrected chi connectivity index (χ0v) is 10.7. The van der Waals surface area contributed by atoms with Crippen LogP contribution < -0.4 is 5.73 Å². The molecule has 1 rings (SSSR count). The van der Waals surface area contributed by atoms with Crippen molar-refractivity contribution in [3.63, 3.8) is 0 Å². The Morgan fingerprint density at radius 1 is 1.17 bits per heavy atom. The maximum Gasteiger partial charge on any atom is 0.498 e. The first-order chi connectivity index (χ1) is 7.92. The van der Waals surface area contributed by atoms with Crippen LogP contribution in [0.3, 0.4) is 0 Å². The lowest BCUT2D eigenvalue weighted by atomic mass is 9.75. The van der Waals surface area contributed by atoms with Crippen LogP contribution in [-0.4, -0.2) is 30.2 Å². The summed E-state index contributed by atoms with van der Waals surface area (Å²) in [5.41, 5.74) is 1.54. The van der Waals surface area contributed by atoms with Crippen molar-refractivity contribution in [1.29, 1.82) is 5.41 Å². The maximum atomic E-state index is 12.5. The fourth-order valence-electron chi connectivity index (χ4n) is 1.41. The molecule has 102 valence electrons. The summed E-state index contributed by atoms with van der Waals surface area (Å²) in [6.07, 6.45) is -4.08. The topological polar surface area (TPSA) is 68.3 Å². The molecule has 0 aliphatic carbocycles. The molecule has 8 heteroatoms. The van der Waals surface area contributed by atoms with Gasteiger partial charge in [0.05, 0.1) is 11.2 Å². The van der Waals surface area contributed by atoms with Crippen molar-refractivity contribution >= 4 is 12.8 Å². The number of hydrogen-bond donors (Lipinski definition) is 2. The predicted octanol–water partition coefficient (Wildman–Crippen LogP) is 2.04. The molecule has 1 heterocycles. The third-order valence-corrected chi connectivity index (χ3v) is 3.26. The molecule has 0 radical (unpaired) electrons. The molecule has 0 aromatic rings. The summed E-state index contributed by atoms with van der Waals surface area (Å²) in [6.45, 7) is 6.83. The van der Waals surface area contributed by atoms with Crippen LogP contribution in [0.25, 0.3) is 0 Å². The molecule has 0 spiro atoms. The van der Waals surface area contributed by atoms with E-state index in [-0.39, 0.29) is 0 Å². The van der Waals surface area contributed by atoms with E-state index >= 15 is 0 Å². The summed E-state index contributed by atoms with van der Waals surface area (Å²) >= 11 is 0. The number of rotatable bonds is 2. The van der Waals surface area contributed by atoms with E-state index in [2.05, 4.69) is 0 Å². The van der Waals surface area contributed by atoms with Crippen molar-refractivity contribution < 1.29 is 22.5 Å². The lowest BCUT2D eigenvalue weighted by Crippen LogP contribution is -2.41. The third kappa shape index (κ3) is 2.54. The van der Waals surface area contributed by atoms with Crippen LogP contribution in [0.5, 0.6) is 0 Å². The molecule has 3 N–H and O–H groups in total. The predicted molar refractivity (Wildman–Crippen MR) is 62.1 cm³/mol. The zero-order chi connectivity index (χ0) is 14.4. The second-order valence-electron chi connectivity index (χ2n) is 5.08. The van der Waals surface area contributed by atoms with E-state index in [9.17, 15) is 13.2 Å². The van der Waals surface area contributed by atoms with Gasteiger partial charge in [-0.2, -0.15) is 13.2 Å². The molecular weight excluding hydrogens is 248 g/mol. The van der Waals surface area contributed by atoms with Gasteiger partial charge in [0.1, 0.15) is 5.71 Å². The second-order valence-corrected chi connectivity index (χ2v) is 5.08. The molecule has 1 aliphatic heterocycles. The van der Waals surface area contributed by atoms with Gasteiger partial charge in [-0.3, -0.25) is 5.41 Å². The van der Waals surface area contributed by atoms with Crippen molar-refractivity contribution in [3.8, 4) is 0 Å². The van der Waals surface area contributed by atoms with Gasteiger partial charge in [-0.25, -0.2) is 0 Å². The number of hydrogen-bond acceptors (Lipinski definition) is 4. The number of halogens is 3. The highest BCUT2D eigenvalue weighted by atomic mass is 19.4. The molecule has 0 amide bonds. The number of allylic oxidation sites excluding steroid dienone is 1. The highest BCUT2D eigenvalue weighted by Gasteiger charge is 2.55. The van der Waals surface area contributed by atoms with Gasteiger partial charge >= 0.3 is 13.3 Å². The average molecular weight is 264 g/mol. The van der Waals surface area contributed by atoms with Gasteiger partial charge in [-0.05, 0) is 33.9 Å². The standard InChI is InChI=1S/C10H16BF3N2O2/c1-8(2)9(3,4)18-11(17-8)6(5-15)7(16)10(12,13)14/h5,16H,15H2,1-4H3/b6-5+,16-7?. The minimum atomic E-state index is -4.78. The van der Waals surface area contributed by atoms with Crippen molar-refractivity contribution in [2.24, 2.45) is 5.73 Å². The average Bonchev–Trinajstić information content (AvgIpc) is 2.35. The van der Waals surface area contributed by atoms with Gasteiger partial charge in [0, 0.05) is 5.47 Å². The minimum Gasteiger partial charge on any atom is -0.405 e. The molecule has 0 bridgehead atoms. The Labute approximate surface area is 104 Å². The van der Waals surface area contributed by atoms with Crippen LogP contribution in [0.4, 0.5) is 13.2 Å². The molecular formula is C10H16BF3N2O2.